The average molecular weight is 388 g/mol. The first-order valence-corrected chi connectivity index (χ1v) is 9.57. The normalized spacial score (nSPS) is 11.4. The van der Waals surface area contributed by atoms with Crippen LogP contribution in [0.25, 0.3) is 22.3 Å². The van der Waals surface area contributed by atoms with Gasteiger partial charge in [0.05, 0.1) is 0 Å². The minimum Gasteiger partial charge on any atom is -0.319 e. The highest BCUT2D eigenvalue weighted by Crippen LogP contribution is 2.46. The molecule has 0 saturated heterocycles. The van der Waals surface area contributed by atoms with Crippen molar-refractivity contribution in [3.8, 4) is 22.3 Å². The van der Waals surface area contributed by atoms with E-state index < -0.39 is 24.8 Å². The molecule has 3 aromatic rings. The summed E-state index contributed by atoms with van der Waals surface area (Å²) in [4.78, 5) is 31.1. The number of benzene rings is 3. The Hall–Kier alpha value is -2.66. The highest BCUT2D eigenvalue weighted by atomic mass is 31.2. The van der Waals surface area contributed by atoms with Crippen LogP contribution in [0.4, 0.5) is 8.78 Å². The summed E-state index contributed by atoms with van der Waals surface area (Å²) in [5.74, 6) is -1.29. The van der Waals surface area contributed by atoms with Crippen molar-refractivity contribution in [3.05, 3.63) is 83.4 Å². The molecule has 138 valence electrons. The van der Waals surface area contributed by atoms with Crippen LogP contribution in [-0.2, 0) is 4.57 Å². The summed E-state index contributed by atoms with van der Waals surface area (Å²) in [6.45, 7) is 1.65. The van der Waals surface area contributed by atoms with Crippen LogP contribution in [0.5, 0.6) is 0 Å². The Kier molecular flexibility index (Phi) is 5.07. The maximum Gasteiger partial charge on any atom is 0.396 e. The molecule has 0 atom stereocenters. The van der Waals surface area contributed by atoms with Crippen LogP contribution in [0.2, 0.25) is 0 Å². The molecule has 3 aromatic carbocycles. The fraction of sp³-hybridized carbons (Fsp3) is 0.0500. The zero-order valence-corrected chi connectivity index (χ0v) is 15.1. The SMILES string of the molecule is Cc1ccc(C(=O)P(=O)(O)O)c(-c2ccccc2F)c1-c1ccccc1F. The molecule has 0 fully saturated rings. The third kappa shape index (κ3) is 3.60. The molecule has 2 N–H and O–H groups in total. The topological polar surface area (TPSA) is 74.6 Å². The minimum atomic E-state index is -5.13. The summed E-state index contributed by atoms with van der Waals surface area (Å²) in [7, 11) is -5.13. The Morgan fingerprint density at radius 1 is 0.815 bits per heavy atom. The number of hydrogen-bond donors (Lipinski definition) is 2. The lowest BCUT2D eigenvalue weighted by Crippen LogP contribution is -2.06. The van der Waals surface area contributed by atoms with Crippen LogP contribution in [0.1, 0.15) is 15.9 Å². The van der Waals surface area contributed by atoms with Gasteiger partial charge in [-0.25, -0.2) is 8.78 Å². The molecule has 3 rings (SSSR count). The molecular formula is C20H15F2O4P. The van der Waals surface area contributed by atoms with Crippen molar-refractivity contribution in [2.45, 2.75) is 6.92 Å². The van der Waals surface area contributed by atoms with Crippen LogP contribution in [0, 0.1) is 18.6 Å². The van der Waals surface area contributed by atoms with Gasteiger partial charge in [-0.2, -0.15) is 0 Å². The Bertz CT molecular complexity index is 1090. The second kappa shape index (κ2) is 7.16. The van der Waals surface area contributed by atoms with Gasteiger partial charge in [-0.3, -0.25) is 9.36 Å². The monoisotopic (exact) mass is 388 g/mol. The number of carbonyl (C=O) groups is 1. The molecule has 7 heteroatoms. The van der Waals surface area contributed by atoms with Crippen molar-refractivity contribution in [1.82, 2.24) is 0 Å². The van der Waals surface area contributed by atoms with Crippen LogP contribution < -0.4 is 0 Å². The average Bonchev–Trinajstić information content (AvgIpc) is 2.61. The second-order valence-corrected chi connectivity index (χ2v) is 7.48. The zero-order valence-electron chi connectivity index (χ0n) is 14.2. The van der Waals surface area contributed by atoms with E-state index in [1.807, 2.05) is 0 Å². The molecule has 0 aliphatic rings. The van der Waals surface area contributed by atoms with Crippen molar-refractivity contribution < 1.29 is 27.9 Å². The van der Waals surface area contributed by atoms with Crippen LogP contribution >= 0.6 is 7.60 Å². The zero-order chi connectivity index (χ0) is 19.8. The maximum atomic E-state index is 14.5. The lowest BCUT2D eigenvalue weighted by atomic mass is 9.87. The number of hydrogen-bond acceptors (Lipinski definition) is 2. The lowest BCUT2D eigenvalue weighted by molar-refractivity contribution is 0.104. The number of carbonyl (C=O) groups excluding carboxylic acids is 1. The van der Waals surface area contributed by atoms with E-state index in [0.717, 1.165) is 6.07 Å². The molecule has 0 aromatic heterocycles. The fourth-order valence-electron chi connectivity index (χ4n) is 3.00. The summed E-state index contributed by atoms with van der Waals surface area (Å²) in [5, 5.41) is 0. The van der Waals surface area contributed by atoms with Crippen molar-refractivity contribution in [2.24, 2.45) is 0 Å². The first-order valence-electron chi connectivity index (χ1n) is 7.95. The van der Waals surface area contributed by atoms with Gasteiger partial charge in [-0.15, -0.1) is 0 Å². The van der Waals surface area contributed by atoms with Gasteiger partial charge < -0.3 is 9.79 Å². The van der Waals surface area contributed by atoms with Crippen LogP contribution in [0.15, 0.2) is 60.7 Å². The molecule has 0 amide bonds. The minimum absolute atomic E-state index is 0.0451. The molecule has 27 heavy (non-hydrogen) atoms. The van der Waals surface area contributed by atoms with Gasteiger partial charge in [0.1, 0.15) is 11.6 Å². The molecule has 0 radical (unpaired) electrons. The summed E-state index contributed by atoms with van der Waals surface area (Å²) in [6, 6.07) is 13.9. The van der Waals surface area contributed by atoms with E-state index in [1.165, 1.54) is 48.5 Å². The fourth-order valence-corrected chi connectivity index (χ4v) is 3.50. The Balaban J connectivity index is 2.48. The van der Waals surface area contributed by atoms with E-state index in [-0.39, 0.29) is 27.8 Å². The Labute approximate surface area is 154 Å². The number of rotatable bonds is 4. The predicted octanol–water partition coefficient (Wildman–Crippen LogP) is 4.93. The third-order valence-electron chi connectivity index (χ3n) is 4.20. The van der Waals surface area contributed by atoms with Gasteiger partial charge in [0.25, 0.3) is 5.52 Å². The Morgan fingerprint density at radius 2 is 1.30 bits per heavy atom. The van der Waals surface area contributed by atoms with Gasteiger partial charge >= 0.3 is 7.60 Å². The first kappa shape index (κ1) is 19.1. The molecule has 4 nitrogen and oxygen atoms in total. The summed E-state index contributed by atoms with van der Waals surface area (Å²) < 4.78 is 40.6. The van der Waals surface area contributed by atoms with Gasteiger partial charge in [0.15, 0.2) is 0 Å². The summed E-state index contributed by atoms with van der Waals surface area (Å²) in [6.07, 6.45) is 0. The van der Waals surface area contributed by atoms with Crippen LogP contribution in [0.3, 0.4) is 0 Å². The summed E-state index contributed by atoms with van der Waals surface area (Å²) >= 11 is 0. The van der Waals surface area contributed by atoms with E-state index in [2.05, 4.69) is 0 Å². The number of halogens is 2. The van der Waals surface area contributed by atoms with Gasteiger partial charge in [-0.05, 0) is 36.2 Å². The molecule has 0 spiro atoms. The van der Waals surface area contributed by atoms with E-state index in [4.69, 9.17) is 0 Å². The van der Waals surface area contributed by atoms with E-state index >= 15 is 0 Å². The van der Waals surface area contributed by atoms with Gasteiger partial charge in [0, 0.05) is 22.3 Å². The van der Waals surface area contributed by atoms with Crippen molar-refractivity contribution in [2.75, 3.05) is 0 Å². The third-order valence-corrected chi connectivity index (χ3v) is 4.97. The van der Waals surface area contributed by atoms with Crippen molar-refractivity contribution >= 4 is 13.1 Å². The van der Waals surface area contributed by atoms with Crippen molar-refractivity contribution in [1.29, 1.82) is 0 Å². The highest BCUT2D eigenvalue weighted by Gasteiger charge is 2.32. The first-order chi connectivity index (χ1) is 12.7. The highest BCUT2D eigenvalue weighted by molar-refractivity contribution is 7.70. The lowest BCUT2D eigenvalue weighted by Gasteiger charge is -2.18. The number of aryl methyl sites for hydroxylation is 1. The largest absolute Gasteiger partial charge is 0.396 e. The molecule has 0 bridgehead atoms. The molecule has 0 aliphatic carbocycles. The quantitative estimate of drug-likeness (QED) is 0.622. The molecular weight excluding hydrogens is 373 g/mol. The van der Waals surface area contributed by atoms with E-state index in [0.29, 0.717) is 5.56 Å². The van der Waals surface area contributed by atoms with E-state index in [1.54, 1.807) is 13.0 Å². The van der Waals surface area contributed by atoms with Gasteiger partial charge in [-0.1, -0.05) is 42.5 Å². The smallest absolute Gasteiger partial charge is 0.319 e. The molecule has 0 unspecified atom stereocenters. The molecule has 0 aliphatic heterocycles. The standard InChI is InChI=1S/C20H15F2O4P/c1-12-10-11-15(20(23)27(24,25)26)19(14-7-3-5-9-17(14)22)18(12)13-6-2-4-8-16(13)21/h2-11H,1H3,(H2,24,25,26). The predicted molar refractivity (Wildman–Crippen MR) is 98.3 cm³/mol. The van der Waals surface area contributed by atoms with E-state index in [9.17, 15) is 27.9 Å². The van der Waals surface area contributed by atoms with Gasteiger partial charge in [0.2, 0.25) is 0 Å². The summed E-state index contributed by atoms with van der Waals surface area (Å²) in [5.41, 5.74) is -1.06. The second-order valence-electron chi connectivity index (χ2n) is 5.99. The molecule has 0 heterocycles. The maximum absolute atomic E-state index is 14.5. The Morgan fingerprint density at radius 3 is 1.78 bits per heavy atom. The molecule has 0 saturated carbocycles. The van der Waals surface area contributed by atoms with Crippen molar-refractivity contribution in [3.63, 3.8) is 0 Å². The van der Waals surface area contributed by atoms with Crippen LogP contribution in [-0.4, -0.2) is 15.3 Å².